The third-order valence-corrected chi connectivity index (χ3v) is 2.53. The molecular weight excluding hydrogens is 214 g/mol. The zero-order valence-corrected chi connectivity index (χ0v) is 9.47. The van der Waals surface area contributed by atoms with Gasteiger partial charge in [0.25, 0.3) is 0 Å². The highest BCUT2D eigenvalue weighted by molar-refractivity contribution is 5.88. The minimum atomic E-state index is -0.903. The van der Waals surface area contributed by atoms with Gasteiger partial charge in [-0.05, 0) is 42.8 Å². The van der Waals surface area contributed by atoms with Crippen LogP contribution in [-0.4, -0.2) is 11.1 Å². The van der Waals surface area contributed by atoms with E-state index in [1.807, 2.05) is 37.3 Å². The highest BCUT2D eigenvalue weighted by Gasteiger charge is 2.05. The average Bonchev–Trinajstić information content (AvgIpc) is 2.33. The molecule has 2 rings (SSSR count). The number of carboxylic acids is 1. The Balaban J connectivity index is 2.26. The van der Waals surface area contributed by atoms with Gasteiger partial charge in [0.05, 0.1) is 5.56 Å². The second-order valence-electron chi connectivity index (χ2n) is 3.83. The Bertz CT molecular complexity index is 535. The molecule has 3 heteroatoms. The molecule has 0 amide bonds. The highest BCUT2D eigenvalue weighted by atomic mass is 16.4. The standard InChI is InChI=1S/C14H13NO2/c1-10-9-11(14(16)17)7-8-13(10)15-12-5-3-2-4-6-12/h2-9,15H,1H3,(H,16,17). The van der Waals surface area contributed by atoms with Crippen LogP contribution in [0.4, 0.5) is 11.4 Å². The quantitative estimate of drug-likeness (QED) is 0.844. The summed E-state index contributed by atoms with van der Waals surface area (Å²) >= 11 is 0. The molecule has 0 aliphatic rings. The van der Waals surface area contributed by atoms with Gasteiger partial charge in [-0.3, -0.25) is 0 Å². The van der Waals surface area contributed by atoms with Crippen LogP contribution in [0.1, 0.15) is 15.9 Å². The molecule has 0 spiro atoms. The monoisotopic (exact) mass is 227 g/mol. The lowest BCUT2D eigenvalue weighted by Gasteiger charge is -2.09. The zero-order valence-electron chi connectivity index (χ0n) is 9.47. The summed E-state index contributed by atoms with van der Waals surface area (Å²) in [4.78, 5) is 10.8. The van der Waals surface area contributed by atoms with Gasteiger partial charge >= 0.3 is 5.97 Å². The van der Waals surface area contributed by atoms with Crippen LogP contribution in [0.3, 0.4) is 0 Å². The van der Waals surface area contributed by atoms with Crippen molar-refractivity contribution in [1.82, 2.24) is 0 Å². The van der Waals surface area contributed by atoms with E-state index in [1.165, 1.54) is 0 Å². The molecule has 0 fully saturated rings. The van der Waals surface area contributed by atoms with E-state index in [-0.39, 0.29) is 0 Å². The van der Waals surface area contributed by atoms with E-state index in [0.717, 1.165) is 16.9 Å². The summed E-state index contributed by atoms with van der Waals surface area (Å²) in [7, 11) is 0. The van der Waals surface area contributed by atoms with Crippen molar-refractivity contribution in [2.45, 2.75) is 6.92 Å². The first-order valence-corrected chi connectivity index (χ1v) is 5.33. The van der Waals surface area contributed by atoms with Crippen LogP contribution < -0.4 is 5.32 Å². The summed E-state index contributed by atoms with van der Waals surface area (Å²) in [6.07, 6.45) is 0. The molecule has 2 aromatic carbocycles. The number of hydrogen-bond acceptors (Lipinski definition) is 2. The van der Waals surface area contributed by atoms with Crippen molar-refractivity contribution >= 4 is 17.3 Å². The average molecular weight is 227 g/mol. The maximum atomic E-state index is 10.8. The lowest BCUT2D eigenvalue weighted by atomic mass is 10.1. The van der Waals surface area contributed by atoms with Gasteiger partial charge in [0, 0.05) is 11.4 Å². The van der Waals surface area contributed by atoms with Crippen LogP contribution in [0.25, 0.3) is 0 Å². The summed E-state index contributed by atoms with van der Waals surface area (Å²) in [5.74, 6) is -0.903. The summed E-state index contributed by atoms with van der Waals surface area (Å²) < 4.78 is 0. The number of aromatic carboxylic acids is 1. The Kier molecular flexibility index (Phi) is 3.10. The molecule has 3 nitrogen and oxygen atoms in total. The Hall–Kier alpha value is -2.29. The van der Waals surface area contributed by atoms with Gasteiger partial charge in [-0.2, -0.15) is 0 Å². The Labute approximate surface area is 99.7 Å². The van der Waals surface area contributed by atoms with Crippen LogP contribution >= 0.6 is 0 Å². The third kappa shape index (κ3) is 2.64. The molecule has 0 saturated heterocycles. The van der Waals surface area contributed by atoms with Crippen LogP contribution in [0, 0.1) is 6.92 Å². The van der Waals surface area contributed by atoms with Crippen molar-refractivity contribution in [2.24, 2.45) is 0 Å². The van der Waals surface area contributed by atoms with Crippen molar-refractivity contribution in [1.29, 1.82) is 0 Å². The number of nitrogens with one attached hydrogen (secondary N) is 1. The maximum absolute atomic E-state index is 10.8. The number of rotatable bonds is 3. The minimum Gasteiger partial charge on any atom is -0.478 e. The number of anilines is 2. The summed E-state index contributed by atoms with van der Waals surface area (Å²) in [6, 6.07) is 14.8. The van der Waals surface area contributed by atoms with E-state index in [2.05, 4.69) is 5.32 Å². The number of carboxylic acid groups (broad SMARTS) is 1. The largest absolute Gasteiger partial charge is 0.478 e. The molecule has 0 aliphatic heterocycles. The van der Waals surface area contributed by atoms with Crippen LogP contribution in [0.5, 0.6) is 0 Å². The second-order valence-corrected chi connectivity index (χ2v) is 3.83. The van der Waals surface area contributed by atoms with Crippen molar-refractivity contribution in [2.75, 3.05) is 5.32 Å². The molecular formula is C14H13NO2. The predicted molar refractivity (Wildman–Crippen MR) is 67.9 cm³/mol. The number of para-hydroxylation sites is 1. The number of carbonyl (C=O) groups is 1. The molecule has 0 saturated carbocycles. The van der Waals surface area contributed by atoms with Crippen LogP contribution in [-0.2, 0) is 0 Å². The fraction of sp³-hybridized carbons (Fsp3) is 0.0714. The first-order valence-electron chi connectivity index (χ1n) is 5.33. The SMILES string of the molecule is Cc1cc(C(=O)O)ccc1Nc1ccccc1. The molecule has 0 atom stereocenters. The molecule has 0 radical (unpaired) electrons. The Morgan fingerprint density at radius 2 is 1.82 bits per heavy atom. The van der Waals surface area contributed by atoms with E-state index in [9.17, 15) is 4.79 Å². The van der Waals surface area contributed by atoms with Gasteiger partial charge in [0.1, 0.15) is 0 Å². The predicted octanol–water partition coefficient (Wildman–Crippen LogP) is 3.44. The molecule has 86 valence electrons. The van der Waals surface area contributed by atoms with Gasteiger partial charge in [-0.25, -0.2) is 4.79 Å². The topological polar surface area (TPSA) is 49.3 Å². The summed E-state index contributed by atoms with van der Waals surface area (Å²) in [6.45, 7) is 1.89. The maximum Gasteiger partial charge on any atom is 0.335 e. The second kappa shape index (κ2) is 4.70. The van der Waals surface area contributed by atoms with Crippen molar-refractivity contribution in [3.8, 4) is 0 Å². The van der Waals surface area contributed by atoms with Crippen molar-refractivity contribution < 1.29 is 9.90 Å². The number of aryl methyl sites for hydroxylation is 1. The molecule has 0 unspecified atom stereocenters. The van der Waals surface area contributed by atoms with E-state index in [0.29, 0.717) is 5.56 Å². The van der Waals surface area contributed by atoms with Crippen LogP contribution in [0.2, 0.25) is 0 Å². The lowest BCUT2D eigenvalue weighted by molar-refractivity contribution is 0.0697. The van der Waals surface area contributed by atoms with Gasteiger partial charge in [-0.1, -0.05) is 18.2 Å². The molecule has 0 aliphatic carbocycles. The van der Waals surface area contributed by atoms with E-state index in [4.69, 9.17) is 5.11 Å². The molecule has 0 bridgehead atoms. The zero-order chi connectivity index (χ0) is 12.3. The summed E-state index contributed by atoms with van der Waals surface area (Å²) in [5, 5.41) is 12.1. The van der Waals surface area contributed by atoms with Crippen LogP contribution in [0.15, 0.2) is 48.5 Å². The first kappa shape index (κ1) is 11.2. The van der Waals surface area contributed by atoms with Gasteiger partial charge in [0.15, 0.2) is 0 Å². The number of hydrogen-bond donors (Lipinski definition) is 2. The van der Waals surface area contributed by atoms with Crippen molar-refractivity contribution in [3.05, 3.63) is 59.7 Å². The molecule has 2 aromatic rings. The van der Waals surface area contributed by atoms with Crippen molar-refractivity contribution in [3.63, 3.8) is 0 Å². The molecule has 0 heterocycles. The molecule has 2 N–H and O–H groups in total. The van der Waals surface area contributed by atoms with Gasteiger partial charge in [0.2, 0.25) is 0 Å². The smallest absolute Gasteiger partial charge is 0.335 e. The Morgan fingerprint density at radius 1 is 1.12 bits per heavy atom. The number of benzene rings is 2. The van der Waals surface area contributed by atoms with Gasteiger partial charge in [-0.15, -0.1) is 0 Å². The fourth-order valence-electron chi connectivity index (χ4n) is 1.61. The normalized spacial score (nSPS) is 9.94. The summed E-state index contributed by atoms with van der Waals surface area (Å²) in [5.41, 5.74) is 3.12. The van der Waals surface area contributed by atoms with E-state index >= 15 is 0 Å². The Morgan fingerprint density at radius 3 is 2.41 bits per heavy atom. The van der Waals surface area contributed by atoms with E-state index in [1.54, 1.807) is 18.2 Å². The minimum absolute atomic E-state index is 0.307. The van der Waals surface area contributed by atoms with E-state index < -0.39 is 5.97 Å². The molecule has 0 aromatic heterocycles. The first-order chi connectivity index (χ1) is 8.16. The van der Waals surface area contributed by atoms with Gasteiger partial charge < -0.3 is 10.4 Å². The lowest BCUT2D eigenvalue weighted by Crippen LogP contribution is -1.99. The highest BCUT2D eigenvalue weighted by Crippen LogP contribution is 2.21. The fourth-order valence-corrected chi connectivity index (χ4v) is 1.61. The third-order valence-electron chi connectivity index (χ3n) is 2.53. The molecule has 17 heavy (non-hydrogen) atoms.